The van der Waals surface area contributed by atoms with Gasteiger partial charge >= 0.3 is 0 Å². The molecule has 1 aromatic carbocycles. The number of nitrogens with zero attached hydrogens (tertiary/aromatic N) is 1. The summed E-state index contributed by atoms with van der Waals surface area (Å²) in [6.07, 6.45) is 2.16. The Kier molecular flexibility index (Phi) is 6.99. The van der Waals surface area contributed by atoms with Crippen LogP contribution in [0.5, 0.6) is 5.75 Å². The largest absolute Gasteiger partial charge is 0.484 e. The minimum atomic E-state index is 0. The van der Waals surface area contributed by atoms with Gasteiger partial charge in [-0.05, 0) is 57.0 Å². The van der Waals surface area contributed by atoms with Crippen LogP contribution in [0.4, 0.5) is 0 Å². The number of carbonyl (C=O) groups excluding carboxylic acids is 1. The van der Waals surface area contributed by atoms with Crippen molar-refractivity contribution >= 4 is 18.3 Å². The molecule has 0 aliphatic carbocycles. The van der Waals surface area contributed by atoms with Crippen molar-refractivity contribution in [3.05, 3.63) is 29.3 Å². The Morgan fingerprint density at radius 2 is 2.14 bits per heavy atom. The van der Waals surface area contributed by atoms with Crippen LogP contribution in [0.3, 0.4) is 0 Å². The number of ether oxygens (including phenoxy) is 1. The van der Waals surface area contributed by atoms with Crippen LogP contribution in [0.2, 0.25) is 0 Å². The number of rotatable bonds is 5. The molecule has 0 bridgehead atoms. The summed E-state index contributed by atoms with van der Waals surface area (Å²) in [6.45, 7) is 5.95. The zero-order valence-corrected chi connectivity index (χ0v) is 13.8. The first kappa shape index (κ1) is 17.8. The summed E-state index contributed by atoms with van der Waals surface area (Å²) in [6, 6.07) is 6.24. The third kappa shape index (κ3) is 4.61. The number of likely N-dealkylation sites (tertiary alicyclic amines) is 1. The van der Waals surface area contributed by atoms with E-state index < -0.39 is 0 Å². The lowest BCUT2D eigenvalue weighted by atomic mass is 10.1. The van der Waals surface area contributed by atoms with Crippen LogP contribution >= 0.6 is 12.4 Å². The molecule has 1 N–H and O–H groups in total. The third-order valence-corrected chi connectivity index (χ3v) is 3.98. The number of amides is 1. The maximum Gasteiger partial charge on any atom is 0.260 e. The first-order chi connectivity index (χ1) is 9.61. The Labute approximate surface area is 133 Å². The van der Waals surface area contributed by atoms with Crippen molar-refractivity contribution in [1.82, 2.24) is 10.2 Å². The van der Waals surface area contributed by atoms with E-state index in [0.717, 1.165) is 31.7 Å². The fourth-order valence-corrected chi connectivity index (χ4v) is 2.64. The molecule has 118 valence electrons. The van der Waals surface area contributed by atoms with Gasteiger partial charge in [0.25, 0.3) is 5.91 Å². The first-order valence-electron chi connectivity index (χ1n) is 7.26. The monoisotopic (exact) mass is 312 g/mol. The van der Waals surface area contributed by atoms with Crippen LogP contribution in [0.25, 0.3) is 0 Å². The van der Waals surface area contributed by atoms with E-state index in [4.69, 9.17) is 4.74 Å². The van der Waals surface area contributed by atoms with Crippen LogP contribution in [0.15, 0.2) is 18.2 Å². The van der Waals surface area contributed by atoms with Crippen molar-refractivity contribution in [3.63, 3.8) is 0 Å². The number of halogens is 1. The lowest BCUT2D eigenvalue weighted by Gasteiger charge is -2.24. The number of hydrogen-bond acceptors (Lipinski definition) is 3. The van der Waals surface area contributed by atoms with Crippen LogP contribution < -0.4 is 10.1 Å². The molecular formula is C16H25ClN2O2. The van der Waals surface area contributed by atoms with Gasteiger partial charge < -0.3 is 15.0 Å². The zero-order chi connectivity index (χ0) is 14.5. The third-order valence-electron chi connectivity index (χ3n) is 3.98. The lowest BCUT2D eigenvalue weighted by molar-refractivity contribution is -0.134. The van der Waals surface area contributed by atoms with E-state index >= 15 is 0 Å². The van der Waals surface area contributed by atoms with E-state index in [1.54, 1.807) is 0 Å². The van der Waals surface area contributed by atoms with Crippen molar-refractivity contribution in [2.24, 2.45) is 0 Å². The van der Waals surface area contributed by atoms with E-state index in [9.17, 15) is 4.79 Å². The summed E-state index contributed by atoms with van der Waals surface area (Å²) in [4.78, 5) is 14.2. The maximum absolute atomic E-state index is 12.2. The van der Waals surface area contributed by atoms with E-state index in [-0.39, 0.29) is 24.9 Å². The van der Waals surface area contributed by atoms with Gasteiger partial charge in [0, 0.05) is 19.1 Å². The number of aryl methyl sites for hydroxylation is 2. The molecule has 1 unspecified atom stereocenters. The molecule has 1 saturated heterocycles. The molecule has 1 atom stereocenters. The molecule has 0 saturated carbocycles. The highest BCUT2D eigenvalue weighted by molar-refractivity contribution is 5.85. The Morgan fingerprint density at radius 3 is 2.81 bits per heavy atom. The summed E-state index contributed by atoms with van der Waals surface area (Å²) in [5, 5.41) is 3.15. The standard InChI is InChI=1S/C16H24N2O2.ClH/c1-12-6-7-15(9-13(12)2)20-11-16(19)18-8-4-5-14(18)10-17-3;/h6-7,9,14,17H,4-5,8,10-11H2,1-3H3;1H. The topological polar surface area (TPSA) is 41.6 Å². The minimum Gasteiger partial charge on any atom is -0.484 e. The Bertz CT molecular complexity index is 479. The lowest BCUT2D eigenvalue weighted by Crippen LogP contribution is -2.43. The van der Waals surface area contributed by atoms with Gasteiger partial charge in [0.15, 0.2) is 6.61 Å². The predicted octanol–water partition coefficient (Wildman–Crippen LogP) is 2.31. The van der Waals surface area contributed by atoms with Crippen LogP contribution in [-0.2, 0) is 4.79 Å². The molecule has 2 rings (SSSR count). The molecule has 5 heteroatoms. The molecule has 0 radical (unpaired) electrons. The first-order valence-corrected chi connectivity index (χ1v) is 7.26. The van der Waals surface area contributed by atoms with Crippen molar-refractivity contribution in [2.45, 2.75) is 32.7 Å². The van der Waals surface area contributed by atoms with Gasteiger partial charge in [0.05, 0.1) is 0 Å². The maximum atomic E-state index is 12.2. The molecule has 1 aromatic rings. The average Bonchev–Trinajstić information content (AvgIpc) is 2.88. The number of nitrogens with one attached hydrogen (secondary N) is 1. The molecule has 0 aromatic heterocycles. The van der Waals surface area contributed by atoms with Gasteiger partial charge in [0.2, 0.25) is 0 Å². The smallest absolute Gasteiger partial charge is 0.260 e. The van der Waals surface area contributed by atoms with Crippen molar-refractivity contribution in [3.8, 4) is 5.75 Å². The second-order valence-electron chi connectivity index (χ2n) is 5.48. The molecule has 1 aliphatic rings. The molecule has 4 nitrogen and oxygen atoms in total. The SMILES string of the molecule is CNCC1CCCN1C(=O)COc1ccc(C)c(C)c1.Cl. The van der Waals surface area contributed by atoms with Crippen molar-refractivity contribution in [2.75, 3.05) is 26.7 Å². The number of hydrogen-bond donors (Lipinski definition) is 1. The minimum absolute atomic E-state index is 0. The van der Waals surface area contributed by atoms with Crippen molar-refractivity contribution < 1.29 is 9.53 Å². The quantitative estimate of drug-likeness (QED) is 0.907. The fraction of sp³-hybridized carbons (Fsp3) is 0.562. The van der Waals surface area contributed by atoms with Gasteiger partial charge in [0.1, 0.15) is 5.75 Å². The van der Waals surface area contributed by atoms with Gasteiger partial charge in [-0.1, -0.05) is 6.07 Å². The Hall–Kier alpha value is -1.26. The van der Waals surface area contributed by atoms with Gasteiger partial charge in [-0.15, -0.1) is 12.4 Å². The summed E-state index contributed by atoms with van der Waals surface area (Å²) in [5.74, 6) is 0.854. The number of benzene rings is 1. The number of likely N-dealkylation sites (N-methyl/N-ethyl adjacent to an activating group) is 1. The Balaban J connectivity index is 0.00000220. The van der Waals surface area contributed by atoms with E-state index in [0.29, 0.717) is 6.04 Å². The predicted molar refractivity (Wildman–Crippen MR) is 87.3 cm³/mol. The van der Waals surface area contributed by atoms with Gasteiger partial charge in [-0.25, -0.2) is 0 Å². The summed E-state index contributed by atoms with van der Waals surface area (Å²) in [5.41, 5.74) is 2.42. The van der Waals surface area contributed by atoms with Crippen LogP contribution in [0.1, 0.15) is 24.0 Å². The summed E-state index contributed by atoms with van der Waals surface area (Å²) < 4.78 is 5.63. The Morgan fingerprint density at radius 1 is 1.38 bits per heavy atom. The van der Waals surface area contributed by atoms with E-state index in [2.05, 4.69) is 12.2 Å². The molecule has 1 aliphatic heterocycles. The van der Waals surface area contributed by atoms with Crippen LogP contribution in [-0.4, -0.2) is 43.6 Å². The van der Waals surface area contributed by atoms with E-state index in [1.807, 2.05) is 37.1 Å². The summed E-state index contributed by atoms with van der Waals surface area (Å²) >= 11 is 0. The highest BCUT2D eigenvalue weighted by Gasteiger charge is 2.28. The second kappa shape index (κ2) is 8.25. The molecule has 1 heterocycles. The molecule has 1 fully saturated rings. The summed E-state index contributed by atoms with van der Waals surface area (Å²) in [7, 11) is 1.92. The molecule has 1 amide bonds. The molecule has 0 spiro atoms. The number of carbonyl (C=O) groups is 1. The van der Waals surface area contributed by atoms with Crippen molar-refractivity contribution in [1.29, 1.82) is 0 Å². The highest BCUT2D eigenvalue weighted by Crippen LogP contribution is 2.19. The highest BCUT2D eigenvalue weighted by atomic mass is 35.5. The molecular weight excluding hydrogens is 288 g/mol. The normalized spacial score (nSPS) is 17.5. The van der Waals surface area contributed by atoms with Gasteiger partial charge in [-0.3, -0.25) is 4.79 Å². The average molecular weight is 313 g/mol. The fourth-order valence-electron chi connectivity index (χ4n) is 2.64. The van der Waals surface area contributed by atoms with Gasteiger partial charge in [-0.2, -0.15) is 0 Å². The van der Waals surface area contributed by atoms with Crippen LogP contribution in [0, 0.1) is 13.8 Å². The second-order valence-corrected chi connectivity index (χ2v) is 5.48. The zero-order valence-electron chi connectivity index (χ0n) is 13.0. The molecule has 21 heavy (non-hydrogen) atoms. The van der Waals surface area contributed by atoms with E-state index in [1.165, 1.54) is 11.1 Å².